The number of nitrogens with zero attached hydrogens (tertiary/aromatic N) is 2. The lowest BCUT2D eigenvalue weighted by molar-refractivity contribution is -0.386. The summed E-state index contributed by atoms with van der Waals surface area (Å²) < 4.78 is 31.3. The van der Waals surface area contributed by atoms with Crippen LogP contribution >= 0.6 is 0 Å². The second-order valence-electron chi connectivity index (χ2n) is 4.90. The fourth-order valence-corrected chi connectivity index (χ4v) is 4.09. The molecule has 1 aliphatic heterocycles. The van der Waals surface area contributed by atoms with E-state index in [4.69, 9.17) is 10.5 Å². The Kier molecular flexibility index (Phi) is 4.17. The van der Waals surface area contributed by atoms with Crippen LogP contribution in [0.1, 0.15) is 13.3 Å². The molecule has 1 aromatic carbocycles. The van der Waals surface area contributed by atoms with E-state index in [0.717, 1.165) is 6.07 Å². The van der Waals surface area contributed by atoms with Gasteiger partial charge in [0.1, 0.15) is 0 Å². The summed E-state index contributed by atoms with van der Waals surface area (Å²) in [6, 6.07) is 3.04. The molecule has 0 aliphatic carbocycles. The summed E-state index contributed by atoms with van der Waals surface area (Å²) in [5.74, 6) is 0.0186. The minimum atomic E-state index is -3.81. The van der Waals surface area contributed by atoms with Gasteiger partial charge >= 0.3 is 5.69 Å². The third-order valence-corrected chi connectivity index (χ3v) is 5.69. The number of hydrogen-bond donors (Lipinski definition) is 1. The van der Waals surface area contributed by atoms with Gasteiger partial charge in [-0.3, -0.25) is 10.1 Å². The molecule has 1 saturated heterocycles. The molecular formula is C12H17N3O5S. The zero-order valence-corrected chi connectivity index (χ0v) is 12.5. The molecule has 2 atom stereocenters. The van der Waals surface area contributed by atoms with Gasteiger partial charge in [-0.15, -0.1) is 0 Å². The molecule has 2 N–H and O–H groups in total. The predicted octanol–water partition coefficient (Wildman–Crippen LogP) is 0.714. The lowest BCUT2D eigenvalue weighted by Crippen LogP contribution is -2.40. The average Bonchev–Trinajstić information content (AvgIpc) is 2.78. The SMILES string of the molecule is COc1ccc(S(=O)(=O)N2CCC(N)C2C)cc1[N+](=O)[O-]. The van der Waals surface area contributed by atoms with E-state index < -0.39 is 14.9 Å². The topological polar surface area (TPSA) is 116 Å². The fraction of sp³-hybridized carbons (Fsp3) is 0.500. The van der Waals surface area contributed by atoms with Crippen molar-refractivity contribution in [3.05, 3.63) is 28.3 Å². The minimum Gasteiger partial charge on any atom is -0.490 e. The van der Waals surface area contributed by atoms with Gasteiger partial charge in [0.15, 0.2) is 5.75 Å². The molecule has 0 aromatic heterocycles. The van der Waals surface area contributed by atoms with Crippen molar-refractivity contribution in [1.82, 2.24) is 4.31 Å². The van der Waals surface area contributed by atoms with Crippen molar-refractivity contribution < 1.29 is 18.1 Å². The summed E-state index contributed by atoms with van der Waals surface area (Å²) in [4.78, 5) is 10.2. The van der Waals surface area contributed by atoms with Crippen LogP contribution in [0.4, 0.5) is 5.69 Å². The second kappa shape index (κ2) is 5.58. The Hall–Kier alpha value is -1.71. The molecule has 0 bridgehead atoms. The number of benzene rings is 1. The highest BCUT2D eigenvalue weighted by molar-refractivity contribution is 7.89. The van der Waals surface area contributed by atoms with Crippen molar-refractivity contribution in [2.75, 3.05) is 13.7 Å². The maximum absolute atomic E-state index is 12.6. The lowest BCUT2D eigenvalue weighted by atomic mass is 10.2. The molecule has 9 heteroatoms. The van der Waals surface area contributed by atoms with Gasteiger partial charge in [-0.2, -0.15) is 4.31 Å². The van der Waals surface area contributed by atoms with Crippen LogP contribution in [-0.2, 0) is 10.0 Å². The van der Waals surface area contributed by atoms with E-state index in [0.29, 0.717) is 13.0 Å². The summed E-state index contributed by atoms with van der Waals surface area (Å²) in [7, 11) is -2.52. The van der Waals surface area contributed by atoms with Gasteiger partial charge in [0, 0.05) is 24.7 Å². The van der Waals surface area contributed by atoms with Gasteiger partial charge in [0.05, 0.1) is 16.9 Å². The van der Waals surface area contributed by atoms with Crippen LogP contribution in [0, 0.1) is 10.1 Å². The molecule has 116 valence electrons. The first-order chi connectivity index (χ1) is 9.78. The minimum absolute atomic E-state index is 0.0186. The van der Waals surface area contributed by atoms with Crippen LogP contribution in [0.15, 0.2) is 23.1 Å². The monoisotopic (exact) mass is 315 g/mol. The van der Waals surface area contributed by atoms with Crippen molar-refractivity contribution in [2.45, 2.75) is 30.3 Å². The zero-order chi connectivity index (χ0) is 15.8. The standard InChI is InChI=1S/C12H17N3O5S/c1-8-10(13)5-6-14(8)21(18,19)9-3-4-12(20-2)11(7-9)15(16)17/h3-4,7-8,10H,5-6,13H2,1-2H3. The van der Waals surface area contributed by atoms with Gasteiger partial charge in [0.25, 0.3) is 0 Å². The van der Waals surface area contributed by atoms with Gasteiger partial charge in [-0.1, -0.05) is 0 Å². The number of ether oxygens (including phenoxy) is 1. The van der Waals surface area contributed by atoms with E-state index >= 15 is 0 Å². The molecule has 0 saturated carbocycles. The largest absolute Gasteiger partial charge is 0.490 e. The van der Waals surface area contributed by atoms with E-state index in [9.17, 15) is 18.5 Å². The Labute approximate surface area is 122 Å². The molecule has 0 radical (unpaired) electrons. The molecule has 1 heterocycles. The van der Waals surface area contributed by atoms with Crippen molar-refractivity contribution in [2.24, 2.45) is 5.73 Å². The number of nitro benzene ring substituents is 1. The number of sulfonamides is 1. The maximum Gasteiger partial charge on any atom is 0.312 e. The molecule has 1 fully saturated rings. The van der Waals surface area contributed by atoms with Gasteiger partial charge in [0.2, 0.25) is 10.0 Å². The van der Waals surface area contributed by atoms with Crippen molar-refractivity contribution >= 4 is 15.7 Å². The van der Waals surface area contributed by atoms with Crippen LogP contribution in [-0.4, -0.2) is 43.4 Å². The number of methoxy groups -OCH3 is 1. The van der Waals surface area contributed by atoms with E-state index in [1.165, 1.54) is 23.5 Å². The van der Waals surface area contributed by atoms with Gasteiger partial charge in [-0.25, -0.2) is 8.42 Å². The number of nitrogens with two attached hydrogens (primary N) is 1. The van der Waals surface area contributed by atoms with Crippen molar-refractivity contribution in [3.8, 4) is 5.75 Å². The van der Waals surface area contributed by atoms with Crippen LogP contribution in [0.5, 0.6) is 5.75 Å². The predicted molar refractivity (Wildman–Crippen MR) is 75.6 cm³/mol. The second-order valence-corrected chi connectivity index (χ2v) is 6.79. The third kappa shape index (κ3) is 2.71. The Balaban J connectivity index is 2.46. The first kappa shape index (κ1) is 15.7. The van der Waals surface area contributed by atoms with E-state index in [2.05, 4.69) is 0 Å². The first-order valence-corrected chi connectivity index (χ1v) is 7.83. The Morgan fingerprint density at radius 3 is 2.62 bits per heavy atom. The number of nitro groups is 1. The van der Waals surface area contributed by atoms with Crippen LogP contribution in [0.25, 0.3) is 0 Å². The lowest BCUT2D eigenvalue weighted by Gasteiger charge is -2.22. The molecular weight excluding hydrogens is 298 g/mol. The Morgan fingerprint density at radius 1 is 1.48 bits per heavy atom. The molecule has 1 aliphatic rings. The highest BCUT2D eigenvalue weighted by atomic mass is 32.2. The summed E-state index contributed by atoms with van der Waals surface area (Å²) in [6.45, 7) is 2.04. The molecule has 8 nitrogen and oxygen atoms in total. The molecule has 2 rings (SSSR count). The third-order valence-electron chi connectivity index (χ3n) is 3.71. The summed E-state index contributed by atoms with van der Waals surface area (Å²) >= 11 is 0. The van der Waals surface area contributed by atoms with Crippen LogP contribution < -0.4 is 10.5 Å². The maximum atomic E-state index is 12.6. The number of hydrogen-bond acceptors (Lipinski definition) is 6. The normalized spacial score (nSPS) is 23.2. The Bertz CT molecular complexity index is 661. The van der Waals surface area contributed by atoms with Gasteiger partial charge < -0.3 is 10.5 Å². The van der Waals surface area contributed by atoms with E-state index in [1.807, 2.05) is 0 Å². The Morgan fingerprint density at radius 2 is 2.14 bits per heavy atom. The van der Waals surface area contributed by atoms with Gasteiger partial charge in [-0.05, 0) is 25.5 Å². The molecule has 0 spiro atoms. The average molecular weight is 315 g/mol. The molecule has 21 heavy (non-hydrogen) atoms. The van der Waals surface area contributed by atoms with Crippen LogP contribution in [0.2, 0.25) is 0 Å². The smallest absolute Gasteiger partial charge is 0.312 e. The summed E-state index contributed by atoms with van der Waals surface area (Å²) in [5.41, 5.74) is 5.45. The number of rotatable bonds is 4. The highest BCUT2D eigenvalue weighted by Gasteiger charge is 2.38. The zero-order valence-electron chi connectivity index (χ0n) is 11.7. The highest BCUT2D eigenvalue weighted by Crippen LogP contribution is 2.32. The quantitative estimate of drug-likeness (QED) is 0.646. The molecule has 2 unspecified atom stereocenters. The van der Waals surface area contributed by atoms with Crippen molar-refractivity contribution in [3.63, 3.8) is 0 Å². The van der Waals surface area contributed by atoms with Crippen molar-refractivity contribution in [1.29, 1.82) is 0 Å². The molecule has 0 amide bonds. The molecule has 1 aromatic rings. The summed E-state index contributed by atoms with van der Waals surface area (Å²) in [6.07, 6.45) is 0.568. The fourth-order valence-electron chi connectivity index (χ4n) is 2.38. The van der Waals surface area contributed by atoms with E-state index in [1.54, 1.807) is 6.92 Å². The summed E-state index contributed by atoms with van der Waals surface area (Å²) in [5, 5.41) is 11.0. The van der Waals surface area contributed by atoms with E-state index in [-0.39, 0.29) is 28.4 Å². The van der Waals surface area contributed by atoms with Crippen LogP contribution in [0.3, 0.4) is 0 Å². The first-order valence-electron chi connectivity index (χ1n) is 6.39.